The van der Waals surface area contributed by atoms with E-state index < -0.39 is 0 Å². The molecule has 0 saturated carbocycles. The standard InChI is InChI=1S/C22H24N4O2/c1-3-8-22(27)25-18-9-7-14-26(16-18)19-12-13-23-21(15-19)24-17(2)28-20-10-5-4-6-11-20/h4-6,10-13,15,18H,2,7,9,14,16H2,1H3,(H,23,24)(H,25,27). The molecule has 1 saturated heterocycles. The molecule has 1 aliphatic heterocycles. The van der Waals surface area contributed by atoms with Gasteiger partial charge in [-0.2, -0.15) is 0 Å². The van der Waals surface area contributed by atoms with Gasteiger partial charge in [0.05, 0.1) is 0 Å². The van der Waals surface area contributed by atoms with Gasteiger partial charge in [-0.25, -0.2) is 4.98 Å². The van der Waals surface area contributed by atoms with Crippen LogP contribution >= 0.6 is 0 Å². The van der Waals surface area contributed by atoms with Gasteiger partial charge < -0.3 is 20.3 Å². The predicted molar refractivity (Wildman–Crippen MR) is 111 cm³/mol. The highest BCUT2D eigenvalue weighted by Gasteiger charge is 2.21. The Hall–Kier alpha value is -3.46. The normalized spacial score (nSPS) is 15.8. The summed E-state index contributed by atoms with van der Waals surface area (Å²) >= 11 is 0. The number of aromatic nitrogens is 1. The lowest BCUT2D eigenvalue weighted by Gasteiger charge is -2.34. The summed E-state index contributed by atoms with van der Waals surface area (Å²) in [6.45, 7) is 7.23. The molecule has 1 atom stereocenters. The van der Waals surface area contributed by atoms with Gasteiger partial charge in [0.15, 0.2) is 5.88 Å². The fraction of sp³-hybridized carbons (Fsp3) is 0.273. The van der Waals surface area contributed by atoms with Crippen molar-refractivity contribution in [3.63, 3.8) is 0 Å². The first-order valence-corrected chi connectivity index (χ1v) is 9.27. The van der Waals surface area contributed by atoms with Gasteiger partial charge in [-0.1, -0.05) is 24.1 Å². The van der Waals surface area contributed by atoms with Crippen LogP contribution in [0.25, 0.3) is 0 Å². The lowest BCUT2D eigenvalue weighted by atomic mass is 10.0. The summed E-state index contributed by atoms with van der Waals surface area (Å²) in [5.74, 6) is 6.71. The van der Waals surface area contributed by atoms with Gasteiger partial charge in [0.2, 0.25) is 0 Å². The van der Waals surface area contributed by atoms with E-state index in [0.29, 0.717) is 17.5 Å². The van der Waals surface area contributed by atoms with E-state index >= 15 is 0 Å². The number of para-hydroxylation sites is 1. The van der Waals surface area contributed by atoms with E-state index in [1.165, 1.54) is 0 Å². The summed E-state index contributed by atoms with van der Waals surface area (Å²) < 4.78 is 5.67. The van der Waals surface area contributed by atoms with Crippen molar-refractivity contribution >= 4 is 17.4 Å². The molecule has 1 unspecified atom stereocenters. The summed E-state index contributed by atoms with van der Waals surface area (Å²) in [6.07, 6.45) is 3.70. The average Bonchev–Trinajstić information content (AvgIpc) is 2.69. The number of nitrogens with one attached hydrogen (secondary N) is 2. The second-order valence-corrected chi connectivity index (χ2v) is 6.50. The molecule has 0 spiro atoms. The average molecular weight is 376 g/mol. The summed E-state index contributed by atoms with van der Waals surface area (Å²) in [6, 6.07) is 13.5. The van der Waals surface area contributed by atoms with Crippen molar-refractivity contribution in [2.75, 3.05) is 23.3 Å². The molecule has 1 aromatic carbocycles. The highest BCUT2D eigenvalue weighted by molar-refractivity contribution is 5.93. The number of anilines is 2. The smallest absolute Gasteiger partial charge is 0.296 e. The number of rotatable bonds is 6. The van der Waals surface area contributed by atoms with Crippen LogP contribution in [0.2, 0.25) is 0 Å². The molecular formula is C22H24N4O2. The number of benzene rings is 1. The van der Waals surface area contributed by atoms with Gasteiger partial charge in [0, 0.05) is 37.1 Å². The van der Waals surface area contributed by atoms with Gasteiger partial charge in [0.1, 0.15) is 11.6 Å². The number of ether oxygens (including phenoxy) is 1. The molecule has 1 fully saturated rings. The van der Waals surface area contributed by atoms with Crippen LogP contribution in [0.15, 0.2) is 61.1 Å². The Kier molecular flexibility index (Phi) is 6.53. The van der Waals surface area contributed by atoms with Crippen LogP contribution in [-0.2, 0) is 4.79 Å². The summed E-state index contributed by atoms with van der Waals surface area (Å²) in [5.41, 5.74) is 1.03. The van der Waals surface area contributed by atoms with Gasteiger partial charge >= 0.3 is 0 Å². The molecule has 6 heteroatoms. The van der Waals surface area contributed by atoms with E-state index in [2.05, 4.69) is 38.9 Å². The van der Waals surface area contributed by atoms with Crippen LogP contribution in [0, 0.1) is 11.8 Å². The number of piperidine rings is 1. The maximum atomic E-state index is 11.7. The van der Waals surface area contributed by atoms with E-state index in [1.807, 2.05) is 42.5 Å². The molecule has 3 rings (SSSR count). The van der Waals surface area contributed by atoms with Crippen molar-refractivity contribution < 1.29 is 9.53 Å². The Labute approximate surface area is 165 Å². The first-order chi connectivity index (χ1) is 13.6. The minimum Gasteiger partial charge on any atom is -0.442 e. The van der Waals surface area contributed by atoms with Crippen LogP contribution in [0.1, 0.15) is 19.8 Å². The Morgan fingerprint density at radius 3 is 2.93 bits per heavy atom. The number of carbonyl (C=O) groups excluding carboxylic acids is 1. The third kappa shape index (κ3) is 5.52. The van der Waals surface area contributed by atoms with Crippen molar-refractivity contribution in [1.82, 2.24) is 10.3 Å². The molecule has 0 bridgehead atoms. The van der Waals surface area contributed by atoms with Crippen LogP contribution in [0.4, 0.5) is 11.5 Å². The predicted octanol–water partition coefficient (Wildman–Crippen LogP) is 3.15. The van der Waals surface area contributed by atoms with Crippen molar-refractivity contribution in [2.24, 2.45) is 0 Å². The molecule has 2 heterocycles. The number of pyridine rings is 1. The van der Waals surface area contributed by atoms with Gasteiger partial charge in [-0.3, -0.25) is 4.79 Å². The summed E-state index contributed by atoms with van der Waals surface area (Å²) in [4.78, 5) is 18.3. The zero-order chi connectivity index (χ0) is 19.8. The van der Waals surface area contributed by atoms with Crippen LogP contribution in [0.5, 0.6) is 5.75 Å². The SMILES string of the molecule is C=C(Nc1cc(N2CCCC(NC(=O)C#CC)C2)ccn1)Oc1ccccc1. The molecule has 28 heavy (non-hydrogen) atoms. The van der Waals surface area contributed by atoms with Crippen molar-refractivity contribution in [3.8, 4) is 17.6 Å². The molecule has 2 aromatic rings. The largest absolute Gasteiger partial charge is 0.442 e. The Morgan fingerprint density at radius 2 is 2.14 bits per heavy atom. The Morgan fingerprint density at radius 1 is 1.32 bits per heavy atom. The van der Waals surface area contributed by atoms with Crippen molar-refractivity contribution in [1.29, 1.82) is 0 Å². The summed E-state index contributed by atoms with van der Waals surface area (Å²) in [5, 5.41) is 6.06. The maximum absolute atomic E-state index is 11.7. The van der Waals surface area contributed by atoms with Crippen LogP contribution < -0.4 is 20.3 Å². The first kappa shape index (κ1) is 19.3. The quantitative estimate of drug-likeness (QED) is 0.599. The second-order valence-electron chi connectivity index (χ2n) is 6.50. The lowest BCUT2D eigenvalue weighted by Crippen LogP contribution is -2.47. The molecule has 1 aromatic heterocycles. The lowest BCUT2D eigenvalue weighted by molar-refractivity contribution is -0.116. The molecule has 6 nitrogen and oxygen atoms in total. The highest BCUT2D eigenvalue weighted by atomic mass is 16.5. The van der Waals surface area contributed by atoms with E-state index in [4.69, 9.17) is 4.74 Å². The molecule has 1 aliphatic rings. The fourth-order valence-corrected chi connectivity index (χ4v) is 3.15. The minimum atomic E-state index is -0.221. The monoisotopic (exact) mass is 376 g/mol. The highest BCUT2D eigenvalue weighted by Crippen LogP contribution is 2.23. The molecule has 144 valence electrons. The molecule has 1 amide bonds. The Balaban J connectivity index is 1.61. The topological polar surface area (TPSA) is 66.5 Å². The van der Waals surface area contributed by atoms with E-state index in [1.54, 1.807) is 13.1 Å². The molecular weight excluding hydrogens is 352 g/mol. The summed E-state index contributed by atoms with van der Waals surface area (Å²) in [7, 11) is 0. The second kappa shape index (κ2) is 9.47. The van der Waals surface area contributed by atoms with Crippen molar-refractivity contribution in [2.45, 2.75) is 25.8 Å². The number of hydrogen-bond acceptors (Lipinski definition) is 5. The number of hydrogen-bond donors (Lipinski definition) is 2. The number of amides is 1. The molecule has 0 radical (unpaired) electrons. The zero-order valence-corrected chi connectivity index (χ0v) is 15.9. The molecule has 2 N–H and O–H groups in total. The number of carbonyl (C=O) groups is 1. The van der Waals surface area contributed by atoms with Gasteiger partial charge in [0.25, 0.3) is 5.91 Å². The maximum Gasteiger partial charge on any atom is 0.296 e. The fourth-order valence-electron chi connectivity index (χ4n) is 3.15. The van der Waals surface area contributed by atoms with Crippen molar-refractivity contribution in [3.05, 3.63) is 61.1 Å². The van der Waals surface area contributed by atoms with Gasteiger partial charge in [-0.05, 0) is 50.5 Å². The van der Waals surface area contributed by atoms with Gasteiger partial charge in [-0.15, -0.1) is 0 Å². The first-order valence-electron chi connectivity index (χ1n) is 9.27. The minimum absolute atomic E-state index is 0.0862. The Bertz CT molecular complexity index is 886. The third-order valence-electron chi connectivity index (χ3n) is 4.36. The number of nitrogens with zero attached hydrogens (tertiary/aromatic N) is 2. The van der Waals surface area contributed by atoms with E-state index in [9.17, 15) is 4.79 Å². The zero-order valence-electron chi connectivity index (χ0n) is 15.9. The van der Waals surface area contributed by atoms with E-state index in [-0.39, 0.29) is 11.9 Å². The van der Waals surface area contributed by atoms with Crippen LogP contribution in [0.3, 0.4) is 0 Å². The van der Waals surface area contributed by atoms with E-state index in [0.717, 1.165) is 31.6 Å². The van der Waals surface area contributed by atoms with Crippen LogP contribution in [-0.4, -0.2) is 30.0 Å². The molecule has 0 aliphatic carbocycles. The third-order valence-corrected chi connectivity index (χ3v) is 4.36.